The highest BCUT2D eigenvalue weighted by atomic mass is 16.5. The van der Waals surface area contributed by atoms with Crippen LogP contribution in [-0.4, -0.2) is 56.6 Å². The first-order valence-corrected chi connectivity index (χ1v) is 6.45. The van der Waals surface area contributed by atoms with E-state index in [-0.39, 0.29) is 0 Å². The van der Waals surface area contributed by atoms with E-state index in [4.69, 9.17) is 14.6 Å². The number of carbonyl (C=O) groups excluding carboxylic acids is 1. The molecular weight excluding hydrogens is 252 g/mol. The first-order chi connectivity index (χ1) is 9.11. The highest BCUT2D eigenvalue weighted by Gasteiger charge is 2.18. The molecule has 112 valence electrons. The summed E-state index contributed by atoms with van der Waals surface area (Å²) in [6.07, 6.45) is 1.79. The van der Waals surface area contributed by atoms with Crippen molar-refractivity contribution >= 4 is 12.0 Å². The molecule has 0 aromatic heterocycles. The summed E-state index contributed by atoms with van der Waals surface area (Å²) in [5, 5.41) is 13.9. The summed E-state index contributed by atoms with van der Waals surface area (Å²) in [7, 11) is 1.60. The third kappa shape index (κ3) is 10.3. The Balaban J connectivity index is 3.60. The van der Waals surface area contributed by atoms with Gasteiger partial charge in [-0.05, 0) is 12.8 Å². The molecule has 0 aliphatic heterocycles. The molecule has 0 aliphatic rings. The Hall–Kier alpha value is -1.34. The van der Waals surface area contributed by atoms with Crippen LogP contribution in [0.5, 0.6) is 0 Å². The average molecular weight is 276 g/mol. The van der Waals surface area contributed by atoms with Gasteiger partial charge in [0.1, 0.15) is 6.04 Å². The minimum absolute atomic E-state index is 0.420. The number of methoxy groups -OCH3 is 1. The van der Waals surface area contributed by atoms with Crippen LogP contribution >= 0.6 is 0 Å². The molecule has 0 spiro atoms. The molecule has 0 rings (SSSR count). The number of ether oxygens (including phenoxy) is 2. The molecule has 0 radical (unpaired) electrons. The van der Waals surface area contributed by atoms with Crippen LogP contribution in [0.4, 0.5) is 4.79 Å². The summed E-state index contributed by atoms with van der Waals surface area (Å²) < 4.78 is 10.0. The van der Waals surface area contributed by atoms with E-state index in [1.165, 1.54) is 0 Å². The van der Waals surface area contributed by atoms with Gasteiger partial charge in [-0.15, -0.1) is 0 Å². The van der Waals surface area contributed by atoms with Crippen LogP contribution in [0.2, 0.25) is 0 Å². The van der Waals surface area contributed by atoms with Gasteiger partial charge in [0.25, 0.3) is 0 Å². The molecule has 0 aromatic carbocycles. The molecule has 0 heterocycles. The minimum atomic E-state index is -1.01. The second-order valence-corrected chi connectivity index (χ2v) is 4.04. The zero-order valence-electron chi connectivity index (χ0n) is 11.6. The molecule has 0 aliphatic carbocycles. The van der Waals surface area contributed by atoms with Gasteiger partial charge < -0.3 is 25.2 Å². The standard InChI is InChI=1S/C12H24N2O5/c1-3-5-10(11(15)16)14-12(17)13-6-4-7-19-9-8-18-2/h10H,3-9H2,1-2H3,(H,15,16)(H2,13,14,17)/t10-/m1/s1. The lowest BCUT2D eigenvalue weighted by Crippen LogP contribution is -2.46. The van der Waals surface area contributed by atoms with Gasteiger partial charge in [0, 0.05) is 20.3 Å². The Morgan fingerprint density at radius 2 is 2.00 bits per heavy atom. The Labute approximate surface area is 113 Å². The summed E-state index contributed by atoms with van der Waals surface area (Å²) in [6.45, 7) is 3.91. The van der Waals surface area contributed by atoms with E-state index in [1.54, 1.807) is 7.11 Å². The zero-order chi connectivity index (χ0) is 14.5. The number of aliphatic carboxylic acids is 1. The Kier molecular flexibility index (Phi) is 10.9. The van der Waals surface area contributed by atoms with Gasteiger partial charge in [0.2, 0.25) is 0 Å². The van der Waals surface area contributed by atoms with Crippen LogP contribution in [0.1, 0.15) is 26.2 Å². The van der Waals surface area contributed by atoms with E-state index in [1.807, 2.05) is 6.92 Å². The van der Waals surface area contributed by atoms with Gasteiger partial charge >= 0.3 is 12.0 Å². The number of hydrogen-bond donors (Lipinski definition) is 3. The second-order valence-electron chi connectivity index (χ2n) is 4.04. The molecule has 7 nitrogen and oxygen atoms in total. The SMILES string of the molecule is CCC[C@@H](NC(=O)NCCCOCCOC)C(=O)O. The monoisotopic (exact) mass is 276 g/mol. The van der Waals surface area contributed by atoms with Crippen molar-refractivity contribution in [3.63, 3.8) is 0 Å². The smallest absolute Gasteiger partial charge is 0.326 e. The number of carboxylic acids is 1. The first kappa shape index (κ1) is 17.7. The number of carboxylic acid groups (broad SMARTS) is 1. The molecule has 0 saturated heterocycles. The van der Waals surface area contributed by atoms with Gasteiger partial charge in [-0.1, -0.05) is 13.3 Å². The Morgan fingerprint density at radius 3 is 2.58 bits per heavy atom. The summed E-state index contributed by atoms with van der Waals surface area (Å²) in [6, 6.07) is -1.29. The summed E-state index contributed by atoms with van der Waals surface area (Å²) in [5.74, 6) is -1.01. The van der Waals surface area contributed by atoms with Gasteiger partial charge in [-0.3, -0.25) is 0 Å². The van der Waals surface area contributed by atoms with Crippen LogP contribution in [0.15, 0.2) is 0 Å². The normalized spacial score (nSPS) is 11.9. The third-order valence-corrected chi connectivity index (χ3v) is 2.36. The van der Waals surface area contributed by atoms with Gasteiger partial charge in [-0.2, -0.15) is 0 Å². The van der Waals surface area contributed by atoms with Gasteiger partial charge in [0.15, 0.2) is 0 Å². The predicted octanol–water partition coefficient (Wildman–Crippen LogP) is 0.592. The molecule has 0 fully saturated rings. The van der Waals surface area contributed by atoms with Crippen molar-refractivity contribution in [3.05, 3.63) is 0 Å². The summed E-state index contributed by atoms with van der Waals surface area (Å²) >= 11 is 0. The quantitative estimate of drug-likeness (QED) is 0.480. The number of urea groups is 1. The third-order valence-electron chi connectivity index (χ3n) is 2.36. The fraction of sp³-hybridized carbons (Fsp3) is 0.833. The van der Waals surface area contributed by atoms with Crippen molar-refractivity contribution in [3.8, 4) is 0 Å². The van der Waals surface area contributed by atoms with Crippen molar-refractivity contribution in [1.29, 1.82) is 0 Å². The number of hydrogen-bond acceptors (Lipinski definition) is 4. The fourth-order valence-electron chi connectivity index (χ4n) is 1.38. The van der Waals surface area contributed by atoms with Crippen molar-refractivity contribution in [2.45, 2.75) is 32.2 Å². The maximum absolute atomic E-state index is 11.4. The van der Waals surface area contributed by atoms with Crippen molar-refractivity contribution < 1.29 is 24.2 Å². The fourth-order valence-corrected chi connectivity index (χ4v) is 1.38. The minimum Gasteiger partial charge on any atom is -0.480 e. The van der Waals surface area contributed by atoms with Gasteiger partial charge in [0.05, 0.1) is 13.2 Å². The van der Waals surface area contributed by atoms with E-state index in [0.717, 1.165) is 0 Å². The lowest BCUT2D eigenvalue weighted by molar-refractivity contribution is -0.139. The van der Waals surface area contributed by atoms with E-state index in [9.17, 15) is 9.59 Å². The molecule has 1 atom stereocenters. The van der Waals surface area contributed by atoms with E-state index in [0.29, 0.717) is 45.6 Å². The van der Waals surface area contributed by atoms with Crippen molar-refractivity contribution in [1.82, 2.24) is 10.6 Å². The molecule has 0 bridgehead atoms. The van der Waals surface area contributed by atoms with Crippen LogP contribution in [0.3, 0.4) is 0 Å². The number of amides is 2. The van der Waals surface area contributed by atoms with Crippen LogP contribution in [-0.2, 0) is 14.3 Å². The topological polar surface area (TPSA) is 96.9 Å². The number of nitrogens with one attached hydrogen (secondary N) is 2. The maximum Gasteiger partial charge on any atom is 0.326 e. The molecule has 7 heteroatoms. The molecule has 2 amide bonds. The molecular formula is C12H24N2O5. The van der Waals surface area contributed by atoms with E-state index >= 15 is 0 Å². The highest BCUT2D eigenvalue weighted by Crippen LogP contribution is 1.96. The highest BCUT2D eigenvalue weighted by molar-refractivity contribution is 5.82. The lowest BCUT2D eigenvalue weighted by atomic mass is 10.2. The molecule has 0 saturated carbocycles. The Morgan fingerprint density at radius 1 is 1.26 bits per heavy atom. The maximum atomic E-state index is 11.4. The zero-order valence-corrected chi connectivity index (χ0v) is 11.6. The van der Waals surface area contributed by atoms with Crippen LogP contribution in [0, 0.1) is 0 Å². The molecule has 19 heavy (non-hydrogen) atoms. The van der Waals surface area contributed by atoms with E-state index < -0.39 is 18.0 Å². The van der Waals surface area contributed by atoms with E-state index in [2.05, 4.69) is 10.6 Å². The first-order valence-electron chi connectivity index (χ1n) is 6.45. The van der Waals surface area contributed by atoms with Crippen LogP contribution in [0.25, 0.3) is 0 Å². The van der Waals surface area contributed by atoms with Crippen molar-refractivity contribution in [2.24, 2.45) is 0 Å². The second kappa shape index (κ2) is 11.7. The lowest BCUT2D eigenvalue weighted by Gasteiger charge is -2.14. The largest absolute Gasteiger partial charge is 0.480 e. The summed E-state index contributed by atoms with van der Waals surface area (Å²) in [4.78, 5) is 22.2. The van der Waals surface area contributed by atoms with Crippen LogP contribution < -0.4 is 10.6 Å². The molecule has 3 N–H and O–H groups in total. The van der Waals surface area contributed by atoms with Gasteiger partial charge in [-0.25, -0.2) is 9.59 Å². The number of rotatable bonds is 11. The average Bonchev–Trinajstić information content (AvgIpc) is 2.37. The summed E-state index contributed by atoms with van der Waals surface area (Å²) in [5.41, 5.74) is 0. The Bertz CT molecular complexity index is 261. The molecule has 0 unspecified atom stereocenters. The number of carbonyl (C=O) groups is 2. The van der Waals surface area contributed by atoms with Crippen molar-refractivity contribution in [2.75, 3.05) is 33.5 Å². The predicted molar refractivity (Wildman–Crippen MR) is 70.2 cm³/mol. The molecule has 0 aromatic rings.